The molecule has 6 heteroatoms. The molecule has 0 spiro atoms. The van der Waals surface area contributed by atoms with Crippen molar-refractivity contribution < 1.29 is 14.4 Å². The fourth-order valence-electron chi connectivity index (χ4n) is 3.40. The number of fused-ring (bicyclic) bond motifs is 1. The molecule has 1 N–H and O–H groups in total. The molecule has 0 radical (unpaired) electrons. The molecule has 2 aromatic rings. The summed E-state index contributed by atoms with van der Waals surface area (Å²) in [5.74, 6) is -0.791. The van der Waals surface area contributed by atoms with Crippen LogP contribution in [-0.2, 0) is 16.1 Å². The molecule has 0 bridgehead atoms. The number of carbonyl (C=O) groups excluding carboxylic acids is 3. The Balaban J connectivity index is 1.62. The van der Waals surface area contributed by atoms with Gasteiger partial charge in [0.25, 0.3) is 5.91 Å². The number of nitrogens with one attached hydrogen (secondary N) is 1. The van der Waals surface area contributed by atoms with Gasteiger partial charge in [-0.1, -0.05) is 18.2 Å². The molecule has 2 aliphatic rings. The molecule has 2 aliphatic heterocycles. The Kier molecular flexibility index (Phi) is 4.07. The average Bonchev–Trinajstić information content (AvgIpc) is 2.92. The molecular weight excluding hydrogens is 431 g/mol. The van der Waals surface area contributed by atoms with E-state index in [9.17, 15) is 14.4 Å². The number of imide groups is 1. The number of hydrogen-bond acceptors (Lipinski definition) is 3. The Morgan fingerprint density at radius 3 is 2.44 bits per heavy atom. The second kappa shape index (κ2) is 6.25. The van der Waals surface area contributed by atoms with Crippen molar-refractivity contribution in [2.24, 2.45) is 0 Å². The van der Waals surface area contributed by atoms with Crippen LogP contribution in [0, 0.1) is 3.57 Å². The molecule has 0 saturated carbocycles. The van der Waals surface area contributed by atoms with Crippen LogP contribution in [0.3, 0.4) is 0 Å². The maximum Gasteiger partial charge on any atom is 0.255 e. The summed E-state index contributed by atoms with van der Waals surface area (Å²) in [6, 6.07) is 13.4. The van der Waals surface area contributed by atoms with Gasteiger partial charge in [-0.2, -0.15) is 0 Å². The van der Waals surface area contributed by atoms with E-state index < -0.39 is 6.04 Å². The van der Waals surface area contributed by atoms with E-state index in [1.54, 1.807) is 4.90 Å². The van der Waals surface area contributed by atoms with Crippen molar-refractivity contribution in [1.82, 2.24) is 10.2 Å². The topological polar surface area (TPSA) is 66.5 Å². The molecule has 2 heterocycles. The standard InChI is InChI=1S/C19H15IN2O3/c20-14-4-1-11(2-5-14)12-3-6-15-13(9-12)10-22(19(15)25)16-7-8-17(23)21-18(16)24/h1-6,9,16H,7-8,10H2,(H,21,23,24). The molecule has 1 unspecified atom stereocenters. The first kappa shape index (κ1) is 16.3. The highest BCUT2D eigenvalue weighted by Gasteiger charge is 2.39. The van der Waals surface area contributed by atoms with Gasteiger partial charge in [-0.25, -0.2) is 0 Å². The summed E-state index contributed by atoms with van der Waals surface area (Å²) in [5, 5.41) is 2.32. The molecule has 25 heavy (non-hydrogen) atoms. The lowest BCUT2D eigenvalue weighted by molar-refractivity contribution is -0.136. The predicted octanol–water partition coefficient (Wildman–Crippen LogP) is 2.72. The van der Waals surface area contributed by atoms with Crippen molar-refractivity contribution in [2.45, 2.75) is 25.4 Å². The first-order valence-corrected chi connectivity index (χ1v) is 9.14. The summed E-state index contributed by atoms with van der Waals surface area (Å²) in [6.07, 6.45) is 0.652. The SMILES string of the molecule is O=C1CCC(N2Cc3cc(-c4ccc(I)cc4)ccc3C2=O)C(=O)N1. The van der Waals surface area contributed by atoms with Crippen molar-refractivity contribution >= 4 is 40.3 Å². The second-order valence-corrected chi connectivity index (χ2v) is 7.52. The minimum atomic E-state index is -0.570. The molecule has 1 saturated heterocycles. The lowest BCUT2D eigenvalue weighted by atomic mass is 10.0. The summed E-state index contributed by atoms with van der Waals surface area (Å²) >= 11 is 2.27. The van der Waals surface area contributed by atoms with Crippen LogP contribution >= 0.6 is 22.6 Å². The van der Waals surface area contributed by atoms with Crippen LogP contribution in [0.15, 0.2) is 42.5 Å². The van der Waals surface area contributed by atoms with Crippen molar-refractivity contribution in [1.29, 1.82) is 0 Å². The van der Waals surface area contributed by atoms with Gasteiger partial charge in [-0.3, -0.25) is 19.7 Å². The molecule has 1 fully saturated rings. The summed E-state index contributed by atoms with van der Waals surface area (Å²) in [4.78, 5) is 37.7. The Bertz CT molecular complexity index is 892. The first-order chi connectivity index (χ1) is 12.0. The highest BCUT2D eigenvalue weighted by Crippen LogP contribution is 2.31. The van der Waals surface area contributed by atoms with E-state index in [0.717, 1.165) is 16.7 Å². The molecule has 5 nitrogen and oxygen atoms in total. The zero-order chi connectivity index (χ0) is 17.6. The van der Waals surface area contributed by atoms with Crippen LogP contribution in [0.25, 0.3) is 11.1 Å². The summed E-state index contributed by atoms with van der Waals surface area (Å²) < 4.78 is 1.17. The molecule has 126 valence electrons. The lowest BCUT2D eigenvalue weighted by Crippen LogP contribution is -2.52. The maximum absolute atomic E-state index is 12.7. The Labute approximate surface area is 158 Å². The summed E-state index contributed by atoms with van der Waals surface area (Å²) in [7, 11) is 0. The number of rotatable bonds is 2. The highest BCUT2D eigenvalue weighted by atomic mass is 127. The van der Waals surface area contributed by atoms with Gasteiger partial charge in [0.05, 0.1) is 0 Å². The number of piperidine rings is 1. The van der Waals surface area contributed by atoms with Crippen LogP contribution in [0.1, 0.15) is 28.8 Å². The Morgan fingerprint density at radius 1 is 1.00 bits per heavy atom. The third kappa shape index (κ3) is 2.95. The van der Waals surface area contributed by atoms with Crippen LogP contribution in [-0.4, -0.2) is 28.7 Å². The van der Waals surface area contributed by atoms with E-state index in [4.69, 9.17) is 0 Å². The van der Waals surface area contributed by atoms with Gasteiger partial charge < -0.3 is 4.90 Å². The van der Waals surface area contributed by atoms with Crippen LogP contribution in [0.2, 0.25) is 0 Å². The number of benzene rings is 2. The van der Waals surface area contributed by atoms with Crippen molar-refractivity contribution in [3.05, 3.63) is 57.2 Å². The molecular formula is C19H15IN2O3. The maximum atomic E-state index is 12.7. The fraction of sp³-hybridized carbons (Fsp3) is 0.211. The van der Waals surface area contributed by atoms with Gasteiger partial charge in [-0.05, 0) is 70.0 Å². The fourth-order valence-corrected chi connectivity index (χ4v) is 3.76. The van der Waals surface area contributed by atoms with E-state index in [1.165, 1.54) is 3.57 Å². The third-order valence-corrected chi connectivity index (χ3v) is 5.42. The van der Waals surface area contributed by atoms with Crippen LogP contribution < -0.4 is 5.32 Å². The van der Waals surface area contributed by atoms with Gasteiger partial charge in [0.15, 0.2) is 0 Å². The number of halogens is 1. The zero-order valence-corrected chi connectivity index (χ0v) is 15.4. The third-order valence-electron chi connectivity index (χ3n) is 4.70. The number of hydrogen-bond donors (Lipinski definition) is 1. The Morgan fingerprint density at radius 2 is 1.72 bits per heavy atom. The van der Waals surface area contributed by atoms with Crippen LogP contribution in [0.5, 0.6) is 0 Å². The largest absolute Gasteiger partial charge is 0.322 e. The van der Waals surface area contributed by atoms with Gasteiger partial charge in [0, 0.05) is 22.1 Å². The van der Waals surface area contributed by atoms with Crippen molar-refractivity contribution in [2.75, 3.05) is 0 Å². The monoisotopic (exact) mass is 446 g/mol. The van der Waals surface area contributed by atoms with Crippen molar-refractivity contribution in [3.8, 4) is 11.1 Å². The van der Waals surface area contributed by atoms with Gasteiger partial charge in [-0.15, -0.1) is 0 Å². The van der Waals surface area contributed by atoms with Crippen LogP contribution in [0.4, 0.5) is 0 Å². The molecule has 1 atom stereocenters. The van der Waals surface area contributed by atoms with E-state index in [-0.39, 0.29) is 24.1 Å². The number of nitrogens with zero attached hydrogens (tertiary/aromatic N) is 1. The molecule has 4 rings (SSSR count). The van der Waals surface area contributed by atoms with Gasteiger partial charge in [0.1, 0.15) is 6.04 Å². The molecule has 2 aromatic carbocycles. The summed E-state index contributed by atoms with van der Waals surface area (Å²) in [5.41, 5.74) is 3.70. The van der Waals surface area contributed by atoms with E-state index in [2.05, 4.69) is 40.0 Å². The minimum Gasteiger partial charge on any atom is -0.322 e. The first-order valence-electron chi connectivity index (χ1n) is 8.06. The molecule has 0 aliphatic carbocycles. The quantitative estimate of drug-likeness (QED) is 0.570. The Hall–Kier alpha value is -2.22. The zero-order valence-electron chi connectivity index (χ0n) is 13.3. The number of amides is 3. The average molecular weight is 446 g/mol. The predicted molar refractivity (Wildman–Crippen MR) is 101 cm³/mol. The minimum absolute atomic E-state index is 0.140. The van der Waals surface area contributed by atoms with E-state index in [1.807, 2.05) is 30.3 Å². The molecule has 3 amide bonds. The van der Waals surface area contributed by atoms with E-state index in [0.29, 0.717) is 18.5 Å². The second-order valence-electron chi connectivity index (χ2n) is 6.28. The summed E-state index contributed by atoms with van der Waals surface area (Å²) in [6.45, 7) is 0.401. The van der Waals surface area contributed by atoms with Gasteiger partial charge >= 0.3 is 0 Å². The van der Waals surface area contributed by atoms with E-state index >= 15 is 0 Å². The normalized spacial score (nSPS) is 19.8. The number of carbonyl (C=O) groups is 3. The lowest BCUT2D eigenvalue weighted by Gasteiger charge is -2.29. The smallest absolute Gasteiger partial charge is 0.255 e. The van der Waals surface area contributed by atoms with Gasteiger partial charge in [0.2, 0.25) is 11.8 Å². The molecule has 0 aromatic heterocycles. The van der Waals surface area contributed by atoms with Crippen molar-refractivity contribution in [3.63, 3.8) is 0 Å². The highest BCUT2D eigenvalue weighted by molar-refractivity contribution is 14.1.